The summed E-state index contributed by atoms with van der Waals surface area (Å²) in [6, 6.07) is 10.9. The Morgan fingerprint density at radius 1 is 1.03 bits per heavy atom. The molecule has 2 amide bonds. The molecule has 0 unspecified atom stereocenters. The first-order valence-electron chi connectivity index (χ1n) is 13.4. The quantitative estimate of drug-likeness (QED) is 0.541. The number of amides is 2. The highest BCUT2D eigenvalue weighted by Gasteiger charge is 2.26. The van der Waals surface area contributed by atoms with Crippen molar-refractivity contribution >= 4 is 17.5 Å². The van der Waals surface area contributed by atoms with E-state index in [0.717, 1.165) is 26.1 Å². The van der Waals surface area contributed by atoms with Crippen LogP contribution in [0.4, 0.5) is 10.1 Å². The van der Waals surface area contributed by atoms with E-state index in [9.17, 15) is 18.8 Å². The molecule has 2 aromatic heterocycles. The van der Waals surface area contributed by atoms with Gasteiger partial charge in [0.1, 0.15) is 11.4 Å². The van der Waals surface area contributed by atoms with E-state index in [1.54, 1.807) is 47.2 Å². The van der Waals surface area contributed by atoms with Crippen molar-refractivity contribution in [2.45, 2.75) is 40.2 Å². The van der Waals surface area contributed by atoms with Crippen LogP contribution < -0.4 is 10.5 Å². The average Bonchev–Trinajstić information content (AvgIpc) is 2.89. The van der Waals surface area contributed by atoms with Gasteiger partial charge in [0.05, 0.1) is 5.56 Å². The Bertz CT molecular complexity index is 1360. The molecule has 1 aromatic carbocycles. The summed E-state index contributed by atoms with van der Waals surface area (Å²) < 4.78 is 14.6. The second-order valence-electron chi connectivity index (χ2n) is 10.5. The normalized spacial score (nSPS) is 15.4. The van der Waals surface area contributed by atoms with Crippen LogP contribution in [0.25, 0.3) is 0 Å². The number of carbonyl (C=O) groups excluding carboxylic acids is 2. The van der Waals surface area contributed by atoms with Gasteiger partial charge in [-0.25, -0.2) is 4.39 Å². The van der Waals surface area contributed by atoms with Crippen LogP contribution in [-0.4, -0.2) is 64.3 Å². The summed E-state index contributed by atoms with van der Waals surface area (Å²) in [6.07, 6.45) is 4.56. The number of hydrogen-bond acceptors (Lipinski definition) is 5. The van der Waals surface area contributed by atoms with Crippen molar-refractivity contribution in [2.75, 3.05) is 37.6 Å². The first-order valence-corrected chi connectivity index (χ1v) is 13.4. The summed E-state index contributed by atoms with van der Waals surface area (Å²) in [5.41, 5.74) is 1.71. The van der Waals surface area contributed by atoms with Gasteiger partial charge in [0, 0.05) is 50.0 Å². The number of pyridine rings is 2. The standard InChI is InChI=1S/C30H36FN5O3/c1-21(2)19-34-13-5-15-35(30(39)26-10-8-22(3)33-28(26)37)20-24-17-25(31)9-11-27(24)36(16-6-14-34)29(38)23-7-4-12-32-18-23/h4,7-12,17-18,21H,5-6,13-16,19-20H2,1-3H3,(H,33,37). The lowest BCUT2D eigenvalue weighted by atomic mass is 10.1. The van der Waals surface area contributed by atoms with Crippen LogP contribution in [0.3, 0.4) is 0 Å². The maximum Gasteiger partial charge on any atom is 0.260 e. The lowest BCUT2D eigenvalue weighted by Crippen LogP contribution is -2.40. The van der Waals surface area contributed by atoms with Crippen molar-refractivity contribution in [3.05, 3.63) is 93.4 Å². The largest absolute Gasteiger partial charge is 0.334 e. The minimum atomic E-state index is -0.460. The summed E-state index contributed by atoms with van der Waals surface area (Å²) in [7, 11) is 0. The summed E-state index contributed by atoms with van der Waals surface area (Å²) in [5, 5.41) is 0. The molecular weight excluding hydrogens is 497 g/mol. The number of benzene rings is 1. The average molecular weight is 534 g/mol. The third kappa shape index (κ3) is 7.17. The fourth-order valence-electron chi connectivity index (χ4n) is 5.04. The second-order valence-corrected chi connectivity index (χ2v) is 10.5. The number of fused-ring (bicyclic) bond motifs is 1. The fourth-order valence-corrected chi connectivity index (χ4v) is 5.04. The van der Waals surface area contributed by atoms with Crippen molar-refractivity contribution in [3.63, 3.8) is 0 Å². The summed E-state index contributed by atoms with van der Waals surface area (Å²) >= 11 is 0. The van der Waals surface area contributed by atoms with Crippen molar-refractivity contribution in [2.24, 2.45) is 5.92 Å². The Morgan fingerprint density at radius 3 is 2.49 bits per heavy atom. The third-order valence-electron chi connectivity index (χ3n) is 6.80. The molecule has 8 nitrogen and oxygen atoms in total. The molecule has 0 spiro atoms. The Balaban J connectivity index is 1.76. The van der Waals surface area contributed by atoms with Gasteiger partial charge >= 0.3 is 0 Å². The molecule has 1 aliphatic rings. The highest BCUT2D eigenvalue weighted by Crippen LogP contribution is 2.27. The summed E-state index contributed by atoms with van der Waals surface area (Å²) in [6.45, 7) is 9.37. The second kappa shape index (κ2) is 12.8. The first-order chi connectivity index (χ1) is 18.7. The molecule has 1 N–H and O–H groups in total. The molecule has 3 heterocycles. The molecule has 0 atom stereocenters. The number of H-pyrrole nitrogens is 1. The third-order valence-corrected chi connectivity index (χ3v) is 6.80. The summed E-state index contributed by atoms with van der Waals surface area (Å²) in [4.78, 5) is 52.4. The van der Waals surface area contributed by atoms with E-state index in [-0.39, 0.29) is 18.0 Å². The van der Waals surface area contributed by atoms with Crippen LogP contribution in [0.1, 0.15) is 58.7 Å². The smallest absolute Gasteiger partial charge is 0.260 e. The number of aryl methyl sites for hydroxylation is 1. The SMILES string of the molecule is Cc1ccc(C(=O)N2CCCN(CC(C)C)CCCN(C(=O)c3cccnc3)c3ccc(F)cc3C2)c(=O)[nH]1. The molecule has 0 bridgehead atoms. The van der Waals surface area contributed by atoms with Crippen molar-refractivity contribution in [1.82, 2.24) is 19.8 Å². The number of carbonyl (C=O) groups is 2. The van der Waals surface area contributed by atoms with Crippen LogP contribution in [0.5, 0.6) is 0 Å². The zero-order chi connectivity index (χ0) is 27.9. The number of rotatable bonds is 4. The number of anilines is 1. The monoisotopic (exact) mass is 533 g/mol. The Morgan fingerprint density at radius 2 is 1.79 bits per heavy atom. The number of halogens is 1. The zero-order valence-electron chi connectivity index (χ0n) is 22.8. The minimum Gasteiger partial charge on any atom is -0.334 e. The molecule has 206 valence electrons. The van der Waals surface area contributed by atoms with E-state index >= 15 is 0 Å². The number of aromatic amines is 1. The minimum absolute atomic E-state index is 0.0352. The number of hydrogen-bond donors (Lipinski definition) is 1. The van der Waals surface area contributed by atoms with Gasteiger partial charge in [-0.2, -0.15) is 0 Å². The Labute approximate surface area is 228 Å². The summed E-state index contributed by atoms with van der Waals surface area (Å²) in [5.74, 6) is -0.669. The van der Waals surface area contributed by atoms with Crippen molar-refractivity contribution in [1.29, 1.82) is 0 Å². The first kappa shape index (κ1) is 28.2. The van der Waals surface area contributed by atoms with Crippen LogP contribution >= 0.6 is 0 Å². The molecular formula is C30H36FN5O3. The number of nitrogens with zero attached hydrogens (tertiary/aromatic N) is 4. The number of aromatic nitrogens is 2. The van der Waals surface area contributed by atoms with E-state index in [1.807, 2.05) is 0 Å². The molecule has 0 radical (unpaired) electrons. The van der Waals surface area contributed by atoms with Crippen molar-refractivity contribution < 1.29 is 14.0 Å². The van der Waals surface area contributed by atoms with E-state index < -0.39 is 17.3 Å². The lowest BCUT2D eigenvalue weighted by molar-refractivity contribution is 0.0731. The van der Waals surface area contributed by atoms with Gasteiger partial charge in [0.2, 0.25) is 0 Å². The highest BCUT2D eigenvalue weighted by molar-refractivity contribution is 6.06. The molecule has 39 heavy (non-hydrogen) atoms. The van der Waals surface area contributed by atoms with Gasteiger partial charge < -0.3 is 19.7 Å². The molecule has 0 fully saturated rings. The highest BCUT2D eigenvalue weighted by atomic mass is 19.1. The Kier molecular flexibility index (Phi) is 9.24. The predicted molar refractivity (Wildman–Crippen MR) is 149 cm³/mol. The molecule has 0 aliphatic carbocycles. The van der Waals surface area contributed by atoms with Gasteiger partial charge in [0.25, 0.3) is 17.4 Å². The van der Waals surface area contributed by atoms with Gasteiger partial charge in [0.15, 0.2) is 0 Å². The molecule has 0 saturated heterocycles. The molecule has 0 saturated carbocycles. The Hall–Kier alpha value is -3.85. The lowest BCUT2D eigenvalue weighted by Gasteiger charge is -2.32. The topological polar surface area (TPSA) is 89.6 Å². The van der Waals surface area contributed by atoms with Crippen LogP contribution in [-0.2, 0) is 6.54 Å². The van der Waals surface area contributed by atoms with Crippen LogP contribution in [0.2, 0.25) is 0 Å². The maximum atomic E-state index is 14.6. The molecule has 3 aromatic rings. The predicted octanol–water partition coefficient (Wildman–Crippen LogP) is 4.26. The van der Waals surface area contributed by atoms with E-state index in [0.29, 0.717) is 47.9 Å². The van der Waals surface area contributed by atoms with E-state index in [4.69, 9.17) is 0 Å². The maximum absolute atomic E-state index is 14.6. The molecule has 9 heteroatoms. The molecule has 1 aliphatic heterocycles. The fraction of sp³-hybridized carbons (Fsp3) is 0.400. The van der Waals surface area contributed by atoms with Gasteiger partial charge in [-0.3, -0.25) is 19.4 Å². The van der Waals surface area contributed by atoms with Gasteiger partial charge in [-0.15, -0.1) is 0 Å². The van der Waals surface area contributed by atoms with E-state index in [1.165, 1.54) is 24.4 Å². The van der Waals surface area contributed by atoms with Gasteiger partial charge in [-0.05, 0) is 86.8 Å². The zero-order valence-corrected chi connectivity index (χ0v) is 22.8. The molecule has 4 rings (SSSR count). The van der Waals surface area contributed by atoms with Crippen LogP contribution in [0, 0.1) is 18.7 Å². The van der Waals surface area contributed by atoms with E-state index in [2.05, 4.69) is 28.7 Å². The van der Waals surface area contributed by atoms with Crippen molar-refractivity contribution in [3.8, 4) is 0 Å². The van der Waals surface area contributed by atoms with Gasteiger partial charge in [-0.1, -0.05) is 13.8 Å². The van der Waals surface area contributed by atoms with Crippen LogP contribution in [0.15, 0.2) is 59.7 Å². The number of nitrogens with one attached hydrogen (secondary N) is 1.